The molecule has 3 heteroatoms. The summed E-state index contributed by atoms with van der Waals surface area (Å²) in [5, 5.41) is 0. The molecule has 15 heavy (non-hydrogen) atoms. The average molecular weight is 230 g/mol. The molecule has 2 nitrogen and oxygen atoms in total. The molecule has 0 aromatic rings. The van der Waals surface area contributed by atoms with Crippen LogP contribution in [0.5, 0.6) is 0 Å². The first-order valence-corrected chi connectivity index (χ1v) is 6.73. The van der Waals surface area contributed by atoms with Gasteiger partial charge in [-0.05, 0) is 19.3 Å². The van der Waals surface area contributed by atoms with Crippen molar-refractivity contribution in [3.05, 3.63) is 0 Å². The zero-order chi connectivity index (χ0) is 11.3. The molecule has 0 amide bonds. The number of Topliss-reactive ketones (excluding diaryl/α,β-unsaturated/α-hetero) is 1. The zero-order valence-electron chi connectivity index (χ0n) is 10.0. The van der Waals surface area contributed by atoms with Crippen LogP contribution in [-0.2, 0) is 9.53 Å². The van der Waals surface area contributed by atoms with Crippen LogP contribution in [-0.4, -0.2) is 29.0 Å². The Bertz CT molecular complexity index is 202. The van der Waals surface area contributed by atoms with E-state index in [1.807, 2.05) is 0 Å². The van der Waals surface area contributed by atoms with E-state index in [2.05, 4.69) is 20.8 Å². The number of hydrogen-bond acceptors (Lipinski definition) is 3. The van der Waals surface area contributed by atoms with Gasteiger partial charge >= 0.3 is 0 Å². The Kier molecular flexibility index (Phi) is 5.13. The van der Waals surface area contributed by atoms with Gasteiger partial charge in [0.2, 0.25) is 0 Å². The third-order valence-electron chi connectivity index (χ3n) is 2.44. The SMILES string of the molecule is CC(C)(C)SCC(=O)CCC1CCCO1. The maximum absolute atomic E-state index is 11.6. The summed E-state index contributed by atoms with van der Waals surface area (Å²) in [7, 11) is 0. The Morgan fingerprint density at radius 1 is 1.47 bits per heavy atom. The molecule has 1 aliphatic heterocycles. The molecule has 1 fully saturated rings. The quantitative estimate of drug-likeness (QED) is 0.726. The predicted octanol–water partition coefficient (Wildman–Crippen LogP) is 3.05. The number of ketones is 1. The summed E-state index contributed by atoms with van der Waals surface area (Å²) in [6.07, 6.45) is 4.26. The van der Waals surface area contributed by atoms with Gasteiger partial charge in [-0.2, -0.15) is 0 Å². The Morgan fingerprint density at radius 3 is 2.73 bits per heavy atom. The van der Waals surface area contributed by atoms with Gasteiger partial charge in [0, 0.05) is 17.8 Å². The van der Waals surface area contributed by atoms with Crippen LogP contribution < -0.4 is 0 Å². The van der Waals surface area contributed by atoms with E-state index >= 15 is 0 Å². The third kappa shape index (κ3) is 6.21. The number of carbonyl (C=O) groups is 1. The minimum Gasteiger partial charge on any atom is -0.378 e. The van der Waals surface area contributed by atoms with Crippen LogP contribution in [0, 0.1) is 0 Å². The monoisotopic (exact) mass is 230 g/mol. The molecular formula is C12H22O2S. The molecule has 0 aromatic carbocycles. The highest BCUT2D eigenvalue weighted by Gasteiger charge is 2.18. The summed E-state index contributed by atoms with van der Waals surface area (Å²) < 4.78 is 5.68. The van der Waals surface area contributed by atoms with Crippen LogP contribution in [0.25, 0.3) is 0 Å². The summed E-state index contributed by atoms with van der Waals surface area (Å²) >= 11 is 1.73. The van der Waals surface area contributed by atoms with Gasteiger partial charge in [0.1, 0.15) is 5.78 Å². The molecule has 0 radical (unpaired) electrons. The lowest BCUT2D eigenvalue weighted by atomic mass is 10.1. The first-order valence-electron chi connectivity index (χ1n) is 5.74. The first-order chi connectivity index (χ1) is 6.97. The van der Waals surface area contributed by atoms with E-state index < -0.39 is 0 Å². The molecule has 1 saturated heterocycles. The fraction of sp³-hybridized carbons (Fsp3) is 0.917. The molecule has 1 rings (SSSR count). The average Bonchev–Trinajstić information content (AvgIpc) is 2.62. The van der Waals surface area contributed by atoms with Crippen molar-refractivity contribution in [2.75, 3.05) is 12.4 Å². The summed E-state index contributed by atoms with van der Waals surface area (Å²) in [5.41, 5.74) is 0. The second kappa shape index (κ2) is 5.90. The fourth-order valence-electron chi connectivity index (χ4n) is 1.56. The molecule has 1 unspecified atom stereocenters. The number of rotatable bonds is 5. The maximum Gasteiger partial charge on any atom is 0.142 e. The normalized spacial score (nSPS) is 21.9. The molecule has 0 bridgehead atoms. The molecule has 1 aliphatic rings. The minimum atomic E-state index is 0.194. The number of ether oxygens (including phenoxy) is 1. The topological polar surface area (TPSA) is 26.3 Å². The molecule has 0 aliphatic carbocycles. The van der Waals surface area contributed by atoms with Gasteiger partial charge in [-0.15, -0.1) is 11.8 Å². The summed E-state index contributed by atoms with van der Waals surface area (Å²) in [4.78, 5) is 11.6. The van der Waals surface area contributed by atoms with Crippen molar-refractivity contribution in [2.45, 2.75) is 57.3 Å². The van der Waals surface area contributed by atoms with Crippen LogP contribution in [0.4, 0.5) is 0 Å². The van der Waals surface area contributed by atoms with E-state index in [9.17, 15) is 4.79 Å². The number of carbonyl (C=O) groups excluding carboxylic acids is 1. The van der Waals surface area contributed by atoms with Crippen LogP contribution >= 0.6 is 11.8 Å². The molecule has 1 atom stereocenters. The molecule has 0 saturated carbocycles. The maximum atomic E-state index is 11.6. The van der Waals surface area contributed by atoms with E-state index in [-0.39, 0.29) is 4.75 Å². The third-order valence-corrected chi connectivity index (χ3v) is 3.77. The lowest BCUT2D eigenvalue weighted by Crippen LogP contribution is -2.14. The van der Waals surface area contributed by atoms with Gasteiger partial charge in [0.25, 0.3) is 0 Å². The van der Waals surface area contributed by atoms with Gasteiger partial charge in [-0.25, -0.2) is 0 Å². The second-order valence-corrected chi connectivity index (χ2v) is 6.92. The Balaban J connectivity index is 2.08. The van der Waals surface area contributed by atoms with Crippen molar-refractivity contribution in [2.24, 2.45) is 0 Å². The Labute approximate surface area is 97.1 Å². The predicted molar refractivity (Wildman–Crippen MR) is 65.4 cm³/mol. The van der Waals surface area contributed by atoms with Gasteiger partial charge in [-0.1, -0.05) is 20.8 Å². The van der Waals surface area contributed by atoms with Gasteiger partial charge in [0.05, 0.1) is 11.9 Å². The highest BCUT2D eigenvalue weighted by Crippen LogP contribution is 2.24. The number of thioether (sulfide) groups is 1. The fourth-order valence-corrected chi connectivity index (χ4v) is 2.30. The van der Waals surface area contributed by atoms with Crippen LogP contribution in [0.15, 0.2) is 0 Å². The van der Waals surface area contributed by atoms with E-state index in [0.717, 1.165) is 25.9 Å². The van der Waals surface area contributed by atoms with Crippen molar-refractivity contribution in [1.82, 2.24) is 0 Å². The van der Waals surface area contributed by atoms with Crippen molar-refractivity contribution in [3.8, 4) is 0 Å². The zero-order valence-corrected chi connectivity index (χ0v) is 10.9. The van der Waals surface area contributed by atoms with E-state index in [1.165, 1.54) is 0 Å². The largest absolute Gasteiger partial charge is 0.378 e. The lowest BCUT2D eigenvalue weighted by molar-refractivity contribution is -0.117. The van der Waals surface area contributed by atoms with Gasteiger partial charge in [-0.3, -0.25) is 4.79 Å². The van der Waals surface area contributed by atoms with E-state index in [0.29, 0.717) is 24.1 Å². The summed E-state index contributed by atoms with van der Waals surface area (Å²) in [6.45, 7) is 7.32. The molecule has 0 spiro atoms. The first kappa shape index (κ1) is 13.0. The standard InChI is InChI=1S/C12H22O2S/c1-12(2,3)15-9-10(13)6-7-11-5-4-8-14-11/h11H,4-9H2,1-3H3. The summed E-state index contributed by atoms with van der Waals surface area (Å²) in [5.74, 6) is 1.02. The molecular weight excluding hydrogens is 208 g/mol. The van der Waals surface area contributed by atoms with Crippen LogP contribution in [0.3, 0.4) is 0 Å². The highest BCUT2D eigenvalue weighted by atomic mass is 32.2. The van der Waals surface area contributed by atoms with Crippen molar-refractivity contribution in [1.29, 1.82) is 0 Å². The molecule has 0 N–H and O–H groups in total. The Hall–Kier alpha value is -0.0200. The second-order valence-electron chi connectivity index (χ2n) is 5.11. The van der Waals surface area contributed by atoms with Crippen LogP contribution in [0.2, 0.25) is 0 Å². The molecule has 0 aromatic heterocycles. The van der Waals surface area contributed by atoms with E-state index in [1.54, 1.807) is 11.8 Å². The van der Waals surface area contributed by atoms with E-state index in [4.69, 9.17) is 4.74 Å². The van der Waals surface area contributed by atoms with Gasteiger partial charge in [0.15, 0.2) is 0 Å². The van der Waals surface area contributed by atoms with Crippen molar-refractivity contribution < 1.29 is 9.53 Å². The lowest BCUT2D eigenvalue weighted by Gasteiger charge is -2.17. The summed E-state index contributed by atoms with van der Waals surface area (Å²) in [6, 6.07) is 0. The van der Waals surface area contributed by atoms with Crippen molar-refractivity contribution in [3.63, 3.8) is 0 Å². The molecule has 1 heterocycles. The van der Waals surface area contributed by atoms with Crippen molar-refractivity contribution >= 4 is 17.5 Å². The highest BCUT2D eigenvalue weighted by molar-refractivity contribution is 8.01. The molecule has 88 valence electrons. The van der Waals surface area contributed by atoms with Crippen LogP contribution in [0.1, 0.15) is 46.5 Å². The smallest absolute Gasteiger partial charge is 0.142 e. The Morgan fingerprint density at radius 2 is 2.20 bits per heavy atom. The number of hydrogen-bond donors (Lipinski definition) is 0. The van der Waals surface area contributed by atoms with Gasteiger partial charge < -0.3 is 4.74 Å². The minimum absolute atomic E-state index is 0.194.